The van der Waals surface area contributed by atoms with Crippen molar-refractivity contribution in [1.29, 1.82) is 0 Å². The maximum absolute atomic E-state index is 12.3. The molecule has 0 unspecified atom stereocenters. The summed E-state index contributed by atoms with van der Waals surface area (Å²) in [7, 11) is 0. The maximum atomic E-state index is 12.3. The zero-order chi connectivity index (χ0) is 17.8. The van der Waals surface area contributed by atoms with Gasteiger partial charge in [0.1, 0.15) is 0 Å². The van der Waals surface area contributed by atoms with E-state index < -0.39 is 0 Å². The largest absolute Gasteiger partial charge is 0.372 e. The normalized spacial score (nSPS) is 10.8. The van der Waals surface area contributed by atoms with Gasteiger partial charge in [0.25, 0.3) is 0 Å². The highest BCUT2D eigenvalue weighted by molar-refractivity contribution is 6.30. The van der Waals surface area contributed by atoms with E-state index in [-0.39, 0.29) is 12.3 Å². The van der Waals surface area contributed by atoms with Crippen LogP contribution in [0.1, 0.15) is 19.4 Å². The minimum Gasteiger partial charge on any atom is -0.372 e. The van der Waals surface area contributed by atoms with Crippen LogP contribution in [-0.4, -0.2) is 29.2 Å². The standard InChI is InChI=1S/C19H21ClN4O/c1-3-24(4-2)15-8-9-17-16(12-15)19(23-22-17)21-18(25)11-13-6-5-7-14(20)10-13/h5-10,12H,3-4,11H2,1-2H3,(H2,21,22,23,25). The Morgan fingerprint density at radius 3 is 2.72 bits per heavy atom. The lowest BCUT2D eigenvalue weighted by Crippen LogP contribution is -2.21. The molecule has 25 heavy (non-hydrogen) atoms. The van der Waals surface area contributed by atoms with Crippen LogP contribution in [-0.2, 0) is 11.2 Å². The highest BCUT2D eigenvalue weighted by atomic mass is 35.5. The third-order valence-corrected chi connectivity index (χ3v) is 4.42. The SMILES string of the molecule is CCN(CC)c1ccc2[nH]nc(NC(=O)Cc3cccc(Cl)c3)c2c1. The van der Waals surface area contributed by atoms with Crippen LogP contribution in [0.3, 0.4) is 0 Å². The first kappa shape index (κ1) is 17.3. The molecule has 0 bridgehead atoms. The number of benzene rings is 2. The molecule has 1 aromatic heterocycles. The number of nitrogens with one attached hydrogen (secondary N) is 2. The Morgan fingerprint density at radius 1 is 1.20 bits per heavy atom. The van der Waals surface area contributed by atoms with Crippen molar-refractivity contribution >= 4 is 39.9 Å². The average molecular weight is 357 g/mol. The van der Waals surface area contributed by atoms with Crippen LogP contribution in [0.25, 0.3) is 10.9 Å². The highest BCUT2D eigenvalue weighted by Crippen LogP contribution is 2.26. The summed E-state index contributed by atoms with van der Waals surface area (Å²) in [5.74, 6) is 0.431. The fourth-order valence-electron chi connectivity index (χ4n) is 2.89. The summed E-state index contributed by atoms with van der Waals surface area (Å²) in [5.41, 5.74) is 2.88. The number of rotatable bonds is 6. The molecule has 3 rings (SSSR count). The summed E-state index contributed by atoms with van der Waals surface area (Å²) in [4.78, 5) is 14.6. The van der Waals surface area contributed by atoms with Gasteiger partial charge < -0.3 is 10.2 Å². The number of aromatic nitrogens is 2. The van der Waals surface area contributed by atoms with Gasteiger partial charge in [-0.3, -0.25) is 9.89 Å². The molecule has 1 amide bonds. The molecular formula is C19H21ClN4O. The molecule has 130 valence electrons. The van der Waals surface area contributed by atoms with Gasteiger partial charge in [-0.25, -0.2) is 0 Å². The van der Waals surface area contributed by atoms with E-state index in [1.54, 1.807) is 12.1 Å². The number of hydrogen-bond donors (Lipinski definition) is 2. The van der Waals surface area contributed by atoms with E-state index in [1.165, 1.54) is 0 Å². The molecule has 0 radical (unpaired) electrons. The molecule has 0 atom stereocenters. The summed E-state index contributed by atoms with van der Waals surface area (Å²) < 4.78 is 0. The smallest absolute Gasteiger partial charge is 0.230 e. The summed E-state index contributed by atoms with van der Waals surface area (Å²) in [6.07, 6.45) is 0.255. The molecule has 6 heteroatoms. The number of amides is 1. The van der Waals surface area contributed by atoms with Crippen LogP contribution in [0.15, 0.2) is 42.5 Å². The van der Waals surface area contributed by atoms with Crippen molar-refractivity contribution in [3.8, 4) is 0 Å². The van der Waals surface area contributed by atoms with Crippen molar-refractivity contribution < 1.29 is 4.79 Å². The molecule has 0 aliphatic heterocycles. The summed E-state index contributed by atoms with van der Waals surface area (Å²) in [6.45, 7) is 6.10. The Morgan fingerprint density at radius 2 is 2.00 bits per heavy atom. The predicted molar refractivity (Wildman–Crippen MR) is 103 cm³/mol. The Labute approximate surface area is 152 Å². The quantitative estimate of drug-likeness (QED) is 0.694. The molecule has 2 aromatic carbocycles. The number of carbonyl (C=O) groups excluding carboxylic acids is 1. The van der Waals surface area contributed by atoms with Gasteiger partial charge in [0.2, 0.25) is 5.91 Å². The first-order valence-electron chi connectivity index (χ1n) is 8.38. The van der Waals surface area contributed by atoms with Gasteiger partial charge in [-0.2, -0.15) is 5.10 Å². The Hall–Kier alpha value is -2.53. The molecule has 3 aromatic rings. The van der Waals surface area contributed by atoms with E-state index in [1.807, 2.05) is 18.2 Å². The fourth-order valence-corrected chi connectivity index (χ4v) is 3.10. The van der Waals surface area contributed by atoms with E-state index in [0.29, 0.717) is 10.8 Å². The summed E-state index contributed by atoms with van der Waals surface area (Å²) in [6, 6.07) is 13.4. The van der Waals surface area contributed by atoms with Gasteiger partial charge in [0, 0.05) is 29.2 Å². The minimum absolute atomic E-state index is 0.121. The number of halogens is 1. The Bertz CT molecular complexity index is 886. The Kier molecular flexibility index (Phi) is 5.24. The van der Waals surface area contributed by atoms with E-state index in [0.717, 1.165) is 35.2 Å². The van der Waals surface area contributed by atoms with Crippen molar-refractivity contribution in [3.05, 3.63) is 53.1 Å². The first-order valence-corrected chi connectivity index (χ1v) is 8.76. The van der Waals surface area contributed by atoms with Crippen LogP contribution < -0.4 is 10.2 Å². The van der Waals surface area contributed by atoms with Gasteiger partial charge in [0.15, 0.2) is 5.82 Å². The molecule has 5 nitrogen and oxygen atoms in total. The van der Waals surface area contributed by atoms with Crippen molar-refractivity contribution in [2.24, 2.45) is 0 Å². The van der Waals surface area contributed by atoms with Crippen LogP contribution >= 0.6 is 11.6 Å². The van der Waals surface area contributed by atoms with Crippen molar-refractivity contribution in [1.82, 2.24) is 10.2 Å². The predicted octanol–water partition coefficient (Wildman–Crippen LogP) is 4.24. The van der Waals surface area contributed by atoms with Gasteiger partial charge >= 0.3 is 0 Å². The summed E-state index contributed by atoms with van der Waals surface area (Å²) >= 11 is 5.97. The molecule has 0 spiro atoms. The van der Waals surface area contributed by atoms with Gasteiger partial charge in [-0.1, -0.05) is 23.7 Å². The van der Waals surface area contributed by atoms with E-state index >= 15 is 0 Å². The van der Waals surface area contributed by atoms with Gasteiger partial charge in [0.05, 0.1) is 11.9 Å². The lowest BCUT2D eigenvalue weighted by atomic mass is 10.1. The van der Waals surface area contributed by atoms with E-state index in [4.69, 9.17) is 11.6 Å². The number of fused-ring (bicyclic) bond motifs is 1. The van der Waals surface area contributed by atoms with Gasteiger partial charge in [-0.15, -0.1) is 0 Å². The zero-order valence-corrected chi connectivity index (χ0v) is 15.1. The number of anilines is 2. The van der Waals surface area contributed by atoms with Crippen molar-refractivity contribution in [2.45, 2.75) is 20.3 Å². The maximum Gasteiger partial charge on any atom is 0.230 e. The van der Waals surface area contributed by atoms with E-state index in [9.17, 15) is 4.79 Å². The molecule has 0 saturated heterocycles. The second-order valence-electron chi connectivity index (χ2n) is 5.83. The van der Waals surface area contributed by atoms with Crippen LogP contribution in [0.4, 0.5) is 11.5 Å². The molecule has 0 aliphatic rings. The number of aromatic amines is 1. The molecular weight excluding hydrogens is 336 g/mol. The molecule has 2 N–H and O–H groups in total. The number of nitrogens with zero attached hydrogens (tertiary/aromatic N) is 2. The third kappa shape index (κ3) is 3.94. The fraction of sp³-hybridized carbons (Fsp3) is 0.263. The minimum atomic E-state index is -0.121. The molecule has 0 saturated carbocycles. The van der Waals surface area contributed by atoms with Crippen LogP contribution in [0.2, 0.25) is 5.02 Å². The lowest BCUT2D eigenvalue weighted by Gasteiger charge is -2.20. The Balaban J connectivity index is 1.81. The summed E-state index contributed by atoms with van der Waals surface area (Å²) in [5, 5.41) is 11.6. The van der Waals surface area contributed by atoms with Crippen LogP contribution in [0, 0.1) is 0 Å². The van der Waals surface area contributed by atoms with Crippen LogP contribution in [0.5, 0.6) is 0 Å². The monoisotopic (exact) mass is 356 g/mol. The first-order chi connectivity index (χ1) is 12.1. The molecule has 1 heterocycles. The third-order valence-electron chi connectivity index (χ3n) is 4.19. The van der Waals surface area contributed by atoms with E-state index in [2.05, 4.69) is 46.4 Å². The van der Waals surface area contributed by atoms with Gasteiger partial charge in [-0.05, 0) is 49.7 Å². The number of carbonyl (C=O) groups is 1. The average Bonchev–Trinajstić information content (AvgIpc) is 2.98. The van der Waals surface area contributed by atoms with Crippen molar-refractivity contribution in [2.75, 3.05) is 23.3 Å². The second-order valence-corrected chi connectivity index (χ2v) is 6.27. The highest BCUT2D eigenvalue weighted by Gasteiger charge is 2.12. The molecule has 0 aliphatic carbocycles. The number of H-pyrrole nitrogens is 1. The zero-order valence-electron chi connectivity index (χ0n) is 14.3. The topological polar surface area (TPSA) is 61.0 Å². The van der Waals surface area contributed by atoms with Crippen molar-refractivity contribution in [3.63, 3.8) is 0 Å². The molecule has 0 fully saturated rings. The number of hydrogen-bond acceptors (Lipinski definition) is 3. The lowest BCUT2D eigenvalue weighted by molar-refractivity contribution is -0.115. The second kappa shape index (κ2) is 7.57.